The van der Waals surface area contributed by atoms with E-state index in [1.165, 1.54) is 0 Å². The zero-order valence-electron chi connectivity index (χ0n) is 21.4. The average molecular weight is 499 g/mol. The third-order valence-corrected chi connectivity index (χ3v) is 6.09. The molecule has 0 fully saturated rings. The van der Waals surface area contributed by atoms with Gasteiger partial charge < -0.3 is 25.3 Å². The van der Waals surface area contributed by atoms with Crippen LogP contribution in [0.2, 0.25) is 0 Å². The van der Waals surface area contributed by atoms with Crippen molar-refractivity contribution in [2.75, 3.05) is 25.0 Å². The van der Waals surface area contributed by atoms with E-state index in [0.717, 1.165) is 40.7 Å². The van der Waals surface area contributed by atoms with Crippen LogP contribution in [0, 0.1) is 0 Å². The van der Waals surface area contributed by atoms with E-state index in [-0.39, 0.29) is 12.0 Å². The van der Waals surface area contributed by atoms with Crippen molar-refractivity contribution < 1.29 is 14.3 Å². The van der Waals surface area contributed by atoms with Crippen molar-refractivity contribution in [3.63, 3.8) is 0 Å². The molecule has 0 unspecified atom stereocenters. The summed E-state index contributed by atoms with van der Waals surface area (Å²) in [5.74, 6) is 0.376. The predicted molar refractivity (Wildman–Crippen MR) is 149 cm³/mol. The number of hydrogen-bond donors (Lipinski definition) is 3. The Morgan fingerprint density at radius 3 is 2.41 bits per heavy atom. The summed E-state index contributed by atoms with van der Waals surface area (Å²) >= 11 is 0. The molecule has 0 aliphatic rings. The van der Waals surface area contributed by atoms with E-state index in [1.54, 1.807) is 11.0 Å². The van der Waals surface area contributed by atoms with E-state index < -0.39 is 0 Å². The van der Waals surface area contributed by atoms with Crippen molar-refractivity contribution >= 4 is 34.3 Å². The van der Waals surface area contributed by atoms with Crippen LogP contribution in [0.3, 0.4) is 0 Å². The highest BCUT2D eigenvalue weighted by atomic mass is 16.6. The van der Waals surface area contributed by atoms with Gasteiger partial charge in [0.05, 0.1) is 11.3 Å². The van der Waals surface area contributed by atoms with E-state index in [4.69, 9.17) is 4.74 Å². The fourth-order valence-corrected chi connectivity index (χ4v) is 4.30. The summed E-state index contributed by atoms with van der Waals surface area (Å²) in [5, 5.41) is 7.32. The molecule has 37 heavy (non-hydrogen) atoms. The van der Waals surface area contributed by atoms with Gasteiger partial charge in [-0.3, -0.25) is 4.79 Å². The second kappa shape index (κ2) is 12.6. The standard InChI is InChI=1S/C30H34N4O3/c1-3-18-34(19-4-2)30(36)37-24-14-15-27-26(20-24)22(21-32-27)16-17-31-29(35)25-12-8-9-13-28(25)33-23-10-6-5-7-11-23/h5-15,20-21,32-33H,3-4,16-19H2,1-2H3,(H,31,35). The third kappa shape index (κ3) is 6.70. The van der Waals surface area contributed by atoms with Crippen LogP contribution < -0.4 is 15.4 Å². The number of hydrogen-bond acceptors (Lipinski definition) is 4. The Bertz CT molecular complexity index is 1330. The molecule has 4 aromatic rings. The first-order valence-electron chi connectivity index (χ1n) is 12.8. The number of fused-ring (bicyclic) bond motifs is 1. The summed E-state index contributed by atoms with van der Waals surface area (Å²) in [6.45, 7) is 5.91. The molecule has 0 spiro atoms. The summed E-state index contributed by atoms with van der Waals surface area (Å²) < 4.78 is 5.67. The molecule has 192 valence electrons. The highest BCUT2D eigenvalue weighted by Gasteiger charge is 2.16. The van der Waals surface area contributed by atoms with Gasteiger partial charge >= 0.3 is 6.09 Å². The molecule has 0 aliphatic carbocycles. The van der Waals surface area contributed by atoms with Crippen molar-refractivity contribution in [1.82, 2.24) is 15.2 Å². The van der Waals surface area contributed by atoms with Gasteiger partial charge in [-0.15, -0.1) is 0 Å². The topological polar surface area (TPSA) is 86.5 Å². The molecule has 3 aromatic carbocycles. The van der Waals surface area contributed by atoms with Crippen LogP contribution in [0.4, 0.5) is 16.2 Å². The lowest BCUT2D eigenvalue weighted by Crippen LogP contribution is -2.34. The smallest absolute Gasteiger partial charge is 0.410 e. The first kappa shape index (κ1) is 25.8. The van der Waals surface area contributed by atoms with E-state index in [2.05, 4.69) is 15.6 Å². The molecule has 7 heteroatoms. The molecular weight excluding hydrogens is 464 g/mol. The van der Waals surface area contributed by atoms with Crippen LogP contribution in [0.15, 0.2) is 79.0 Å². The number of benzene rings is 3. The van der Waals surface area contributed by atoms with Crippen LogP contribution in [-0.2, 0) is 6.42 Å². The zero-order chi connectivity index (χ0) is 26.0. The molecule has 0 radical (unpaired) electrons. The minimum absolute atomic E-state index is 0.138. The molecule has 0 saturated heterocycles. The Balaban J connectivity index is 1.39. The second-order valence-electron chi connectivity index (χ2n) is 8.92. The molecule has 4 rings (SSSR count). The Kier molecular flexibility index (Phi) is 8.81. The lowest BCUT2D eigenvalue weighted by molar-refractivity contribution is 0.0955. The van der Waals surface area contributed by atoms with Gasteiger partial charge in [0.25, 0.3) is 5.91 Å². The molecule has 0 bridgehead atoms. The number of para-hydroxylation sites is 2. The van der Waals surface area contributed by atoms with Gasteiger partial charge in [0.1, 0.15) is 5.75 Å². The highest BCUT2D eigenvalue weighted by Crippen LogP contribution is 2.25. The largest absolute Gasteiger partial charge is 0.415 e. The number of aromatic nitrogens is 1. The van der Waals surface area contributed by atoms with Gasteiger partial charge in [-0.2, -0.15) is 0 Å². The number of rotatable bonds is 11. The van der Waals surface area contributed by atoms with E-state index >= 15 is 0 Å². The van der Waals surface area contributed by atoms with Crippen molar-refractivity contribution in [1.29, 1.82) is 0 Å². The maximum absolute atomic E-state index is 13.0. The Labute approximate surface area is 217 Å². The lowest BCUT2D eigenvalue weighted by Gasteiger charge is -2.20. The number of nitrogens with zero attached hydrogens (tertiary/aromatic N) is 1. The molecule has 1 aromatic heterocycles. The molecule has 7 nitrogen and oxygen atoms in total. The maximum atomic E-state index is 13.0. The highest BCUT2D eigenvalue weighted by molar-refractivity contribution is 6.00. The normalized spacial score (nSPS) is 10.8. The van der Waals surface area contributed by atoms with Crippen LogP contribution in [0.5, 0.6) is 5.75 Å². The van der Waals surface area contributed by atoms with Crippen molar-refractivity contribution in [2.45, 2.75) is 33.1 Å². The van der Waals surface area contributed by atoms with Gasteiger partial charge in [0.15, 0.2) is 0 Å². The molecular formula is C30H34N4O3. The summed E-state index contributed by atoms with van der Waals surface area (Å²) in [6.07, 6.45) is 4.02. The monoisotopic (exact) mass is 498 g/mol. The average Bonchev–Trinajstić information content (AvgIpc) is 3.31. The fourth-order valence-electron chi connectivity index (χ4n) is 4.30. The summed E-state index contributed by atoms with van der Waals surface area (Å²) in [4.78, 5) is 30.6. The molecule has 1 heterocycles. The number of carbonyl (C=O) groups excluding carboxylic acids is 2. The zero-order valence-corrected chi connectivity index (χ0v) is 21.4. The number of H-pyrrole nitrogens is 1. The van der Waals surface area contributed by atoms with Crippen LogP contribution >= 0.6 is 0 Å². The van der Waals surface area contributed by atoms with E-state index in [0.29, 0.717) is 37.4 Å². The van der Waals surface area contributed by atoms with Crippen molar-refractivity contribution in [2.24, 2.45) is 0 Å². The number of aromatic amines is 1. The first-order valence-corrected chi connectivity index (χ1v) is 12.8. The quantitative estimate of drug-likeness (QED) is 0.220. The van der Waals surface area contributed by atoms with Gasteiger partial charge in [-0.1, -0.05) is 44.2 Å². The number of nitrogens with one attached hydrogen (secondary N) is 3. The summed E-state index contributed by atoms with van der Waals surface area (Å²) in [6, 6.07) is 22.8. The third-order valence-electron chi connectivity index (χ3n) is 6.09. The van der Waals surface area contributed by atoms with Gasteiger partial charge in [-0.25, -0.2) is 4.79 Å². The Morgan fingerprint density at radius 2 is 1.65 bits per heavy atom. The van der Waals surface area contributed by atoms with Gasteiger partial charge in [-0.05, 0) is 67.3 Å². The number of amides is 2. The van der Waals surface area contributed by atoms with Crippen LogP contribution in [-0.4, -0.2) is 41.5 Å². The lowest BCUT2D eigenvalue weighted by atomic mass is 10.1. The molecule has 0 saturated carbocycles. The van der Waals surface area contributed by atoms with Crippen LogP contribution in [0.25, 0.3) is 10.9 Å². The number of ether oxygens (including phenoxy) is 1. The summed E-state index contributed by atoms with van der Waals surface area (Å²) in [5.41, 5.74) is 4.26. The molecule has 2 amide bonds. The fraction of sp³-hybridized carbons (Fsp3) is 0.267. The maximum Gasteiger partial charge on any atom is 0.415 e. The van der Waals surface area contributed by atoms with Crippen molar-refractivity contribution in [3.8, 4) is 5.75 Å². The molecule has 0 aliphatic heterocycles. The minimum atomic E-state index is -0.324. The Morgan fingerprint density at radius 1 is 0.919 bits per heavy atom. The van der Waals surface area contributed by atoms with E-state index in [1.807, 2.05) is 86.8 Å². The SMILES string of the molecule is CCCN(CCC)C(=O)Oc1ccc2[nH]cc(CCNC(=O)c3ccccc3Nc3ccccc3)c2c1. The van der Waals surface area contributed by atoms with Gasteiger partial charge in [0, 0.05) is 42.4 Å². The van der Waals surface area contributed by atoms with E-state index in [9.17, 15) is 9.59 Å². The predicted octanol–water partition coefficient (Wildman–Crippen LogP) is 6.50. The molecule has 0 atom stereocenters. The van der Waals surface area contributed by atoms with Crippen molar-refractivity contribution in [3.05, 3.63) is 90.1 Å². The Hall–Kier alpha value is -4.26. The molecule has 3 N–H and O–H groups in total. The van der Waals surface area contributed by atoms with Gasteiger partial charge in [0.2, 0.25) is 0 Å². The number of carbonyl (C=O) groups is 2. The second-order valence-corrected chi connectivity index (χ2v) is 8.92. The summed E-state index contributed by atoms with van der Waals surface area (Å²) in [7, 11) is 0. The minimum Gasteiger partial charge on any atom is -0.410 e. The van der Waals surface area contributed by atoms with Crippen LogP contribution in [0.1, 0.15) is 42.6 Å². The first-order chi connectivity index (χ1) is 18.1. The number of anilines is 2.